The van der Waals surface area contributed by atoms with Crippen LogP contribution in [0.4, 0.5) is 0 Å². The standard InChI is InChI=1S/C10H13NO2S/c1-7-2-9(14-6-7)5-11-4-8(12)3-10(11)13/h2,6,8,12H,3-5H2,1H3. The van der Waals surface area contributed by atoms with Crippen molar-refractivity contribution < 1.29 is 9.90 Å². The minimum absolute atomic E-state index is 0.0588. The van der Waals surface area contributed by atoms with Crippen LogP contribution in [-0.4, -0.2) is 28.6 Å². The summed E-state index contributed by atoms with van der Waals surface area (Å²) in [6.07, 6.45) is -0.187. The Kier molecular flexibility index (Phi) is 2.56. The Morgan fingerprint density at radius 3 is 3.00 bits per heavy atom. The minimum atomic E-state index is -0.469. The van der Waals surface area contributed by atoms with Gasteiger partial charge in [-0.05, 0) is 23.9 Å². The molecule has 0 radical (unpaired) electrons. The molecular formula is C10H13NO2S. The third kappa shape index (κ3) is 1.96. The summed E-state index contributed by atoms with van der Waals surface area (Å²) in [6.45, 7) is 3.17. The van der Waals surface area contributed by atoms with Crippen molar-refractivity contribution in [3.8, 4) is 0 Å². The van der Waals surface area contributed by atoms with Gasteiger partial charge < -0.3 is 10.0 Å². The number of carbonyl (C=O) groups is 1. The third-order valence-electron chi connectivity index (χ3n) is 2.33. The van der Waals surface area contributed by atoms with Crippen molar-refractivity contribution in [2.75, 3.05) is 6.54 Å². The highest BCUT2D eigenvalue weighted by atomic mass is 32.1. The Labute approximate surface area is 87.0 Å². The summed E-state index contributed by atoms with van der Waals surface area (Å²) in [6, 6.07) is 2.09. The molecule has 1 aliphatic heterocycles. The molecule has 0 spiro atoms. The highest BCUT2D eigenvalue weighted by Gasteiger charge is 2.27. The van der Waals surface area contributed by atoms with E-state index in [0.717, 1.165) is 0 Å². The fourth-order valence-corrected chi connectivity index (χ4v) is 2.56. The highest BCUT2D eigenvalue weighted by Crippen LogP contribution is 2.19. The molecule has 3 nitrogen and oxygen atoms in total. The number of likely N-dealkylation sites (tertiary alicyclic amines) is 1. The molecule has 0 aliphatic carbocycles. The van der Waals surface area contributed by atoms with E-state index in [9.17, 15) is 9.90 Å². The molecule has 1 aromatic rings. The van der Waals surface area contributed by atoms with Gasteiger partial charge in [0.25, 0.3) is 0 Å². The Balaban J connectivity index is 2.01. The molecule has 0 saturated carbocycles. The lowest BCUT2D eigenvalue weighted by Gasteiger charge is -2.13. The topological polar surface area (TPSA) is 40.5 Å². The van der Waals surface area contributed by atoms with Crippen molar-refractivity contribution in [3.63, 3.8) is 0 Å². The van der Waals surface area contributed by atoms with Gasteiger partial charge in [0.05, 0.1) is 19.1 Å². The van der Waals surface area contributed by atoms with Crippen molar-refractivity contribution in [1.82, 2.24) is 4.90 Å². The van der Waals surface area contributed by atoms with E-state index in [-0.39, 0.29) is 12.3 Å². The van der Waals surface area contributed by atoms with Crippen molar-refractivity contribution in [2.24, 2.45) is 0 Å². The molecular weight excluding hydrogens is 198 g/mol. The van der Waals surface area contributed by atoms with E-state index < -0.39 is 6.10 Å². The number of nitrogens with zero attached hydrogens (tertiary/aromatic N) is 1. The Morgan fingerprint density at radius 1 is 1.71 bits per heavy atom. The number of carbonyl (C=O) groups excluding carboxylic acids is 1. The lowest BCUT2D eigenvalue weighted by atomic mass is 10.3. The van der Waals surface area contributed by atoms with Crippen LogP contribution in [0.1, 0.15) is 16.9 Å². The maximum absolute atomic E-state index is 11.4. The van der Waals surface area contributed by atoms with Crippen molar-refractivity contribution in [1.29, 1.82) is 0 Å². The first-order valence-electron chi connectivity index (χ1n) is 4.65. The summed E-state index contributed by atoms with van der Waals surface area (Å²) < 4.78 is 0. The molecule has 1 aliphatic rings. The number of aliphatic hydroxyl groups is 1. The number of hydrogen-bond donors (Lipinski definition) is 1. The highest BCUT2D eigenvalue weighted by molar-refractivity contribution is 7.10. The number of β-amino-alcohol motifs (C(OH)–C–C–N with tert-alkyl or cyclic N) is 1. The monoisotopic (exact) mass is 211 g/mol. The van der Waals surface area contributed by atoms with Gasteiger partial charge in [0, 0.05) is 11.4 Å². The fourth-order valence-electron chi connectivity index (χ4n) is 1.67. The first kappa shape index (κ1) is 9.68. The smallest absolute Gasteiger partial charge is 0.225 e. The van der Waals surface area contributed by atoms with Gasteiger partial charge >= 0.3 is 0 Å². The lowest BCUT2D eigenvalue weighted by Crippen LogP contribution is -2.24. The SMILES string of the molecule is Cc1csc(CN2CC(O)CC2=O)c1. The largest absolute Gasteiger partial charge is 0.391 e. The zero-order valence-corrected chi connectivity index (χ0v) is 8.88. The summed E-state index contributed by atoms with van der Waals surface area (Å²) in [5.41, 5.74) is 1.23. The van der Waals surface area contributed by atoms with E-state index >= 15 is 0 Å². The predicted molar refractivity (Wildman–Crippen MR) is 55.1 cm³/mol. The number of rotatable bonds is 2. The van der Waals surface area contributed by atoms with Crippen LogP contribution < -0.4 is 0 Å². The first-order chi connectivity index (χ1) is 6.65. The zero-order valence-electron chi connectivity index (χ0n) is 8.06. The second-order valence-corrected chi connectivity index (χ2v) is 4.72. The molecule has 1 fully saturated rings. The van der Waals surface area contributed by atoms with Gasteiger partial charge in [-0.25, -0.2) is 0 Å². The maximum Gasteiger partial charge on any atom is 0.225 e. The normalized spacial score (nSPS) is 22.0. The van der Waals surface area contributed by atoms with Gasteiger partial charge in [0.2, 0.25) is 5.91 Å². The van der Waals surface area contributed by atoms with Gasteiger partial charge in [-0.15, -0.1) is 11.3 Å². The minimum Gasteiger partial charge on any atom is -0.391 e. The molecule has 1 saturated heterocycles. The molecule has 0 bridgehead atoms. The van der Waals surface area contributed by atoms with Crippen LogP contribution in [0.25, 0.3) is 0 Å². The van der Waals surface area contributed by atoms with Crippen molar-refractivity contribution in [3.05, 3.63) is 21.9 Å². The van der Waals surface area contributed by atoms with Crippen molar-refractivity contribution in [2.45, 2.75) is 26.0 Å². The van der Waals surface area contributed by atoms with Crippen LogP contribution in [0.15, 0.2) is 11.4 Å². The van der Waals surface area contributed by atoms with Crippen LogP contribution in [0, 0.1) is 6.92 Å². The second kappa shape index (κ2) is 3.71. The van der Waals surface area contributed by atoms with E-state index in [1.54, 1.807) is 16.2 Å². The third-order valence-corrected chi connectivity index (χ3v) is 3.36. The van der Waals surface area contributed by atoms with Crippen molar-refractivity contribution >= 4 is 17.2 Å². The summed E-state index contributed by atoms with van der Waals surface area (Å²) in [7, 11) is 0. The van der Waals surface area contributed by atoms with E-state index in [1.165, 1.54) is 10.4 Å². The number of aryl methyl sites for hydroxylation is 1. The van der Waals surface area contributed by atoms with Gasteiger partial charge in [0.1, 0.15) is 0 Å². The van der Waals surface area contributed by atoms with E-state index in [0.29, 0.717) is 13.1 Å². The molecule has 0 aromatic carbocycles. The molecule has 1 aromatic heterocycles. The van der Waals surface area contributed by atoms with Gasteiger partial charge in [-0.1, -0.05) is 0 Å². The molecule has 1 unspecified atom stereocenters. The number of thiophene rings is 1. The zero-order chi connectivity index (χ0) is 10.1. The second-order valence-electron chi connectivity index (χ2n) is 3.72. The Hall–Kier alpha value is -0.870. The number of hydrogen-bond acceptors (Lipinski definition) is 3. The van der Waals surface area contributed by atoms with Crippen LogP contribution in [-0.2, 0) is 11.3 Å². The molecule has 1 atom stereocenters. The van der Waals surface area contributed by atoms with Gasteiger partial charge in [-0.3, -0.25) is 4.79 Å². The molecule has 1 amide bonds. The Bertz CT molecular complexity index is 348. The molecule has 76 valence electrons. The number of aliphatic hydroxyl groups excluding tert-OH is 1. The first-order valence-corrected chi connectivity index (χ1v) is 5.53. The molecule has 2 rings (SSSR count). The van der Waals surface area contributed by atoms with Crippen LogP contribution in [0.3, 0.4) is 0 Å². The average Bonchev–Trinajstić information content (AvgIpc) is 2.61. The van der Waals surface area contributed by atoms with E-state index in [1.807, 2.05) is 6.92 Å². The summed E-state index contributed by atoms with van der Waals surface area (Å²) in [5, 5.41) is 11.4. The summed E-state index contributed by atoms with van der Waals surface area (Å²) in [5.74, 6) is 0.0588. The maximum atomic E-state index is 11.4. The summed E-state index contributed by atoms with van der Waals surface area (Å²) in [4.78, 5) is 14.3. The molecule has 4 heteroatoms. The Morgan fingerprint density at radius 2 is 2.50 bits per heavy atom. The molecule has 2 heterocycles. The van der Waals surface area contributed by atoms with Gasteiger partial charge in [0.15, 0.2) is 0 Å². The van der Waals surface area contributed by atoms with E-state index in [4.69, 9.17) is 0 Å². The fraction of sp³-hybridized carbons (Fsp3) is 0.500. The predicted octanol–water partition coefficient (Wildman–Crippen LogP) is 1.15. The van der Waals surface area contributed by atoms with E-state index in [2.05, 4.69) is 11.4 Å². The molecule has 14 heavy (non-hydrogen) atoms. The van der Waals surface area contributed by atoms with Crippen LogP contribution >= 0.6 is 11.3 Å². The van der Waals surface area contributed by atoms with Crippen LogP contribution in [0.2, 0.25) is 0 Å². The summed E-state index contributed by atoms with van der Waals surface area (Å²) >= 11 is 1.66. The van der Waals surface area contributed by atoms with Gasteiger partial charge in [-0.2, -0.15) is 0 Å². The molecule has 1 N–H and O–H groups in total. The quantitative estimate of drug-likeness (QED) is 0.797. The number of amides is 1. The van der Waals surface area contributed by atoms with Crippen LogP contribution in [0.5, 0.6) is 0 Å². The average molecular weight is 211 g/mol. The lowest BCUT2D eigenvalue weighted by molar-refractivity contribution is -0.128.